The molecule has 0 aromatic carbocycles. The average molecular weight is 216 g/mol. The van der Waals surface area contributed by atoms with Gasteiger partial charge < -0.3 is 5.11 Å². The van der Waals surface area contributed by atoms with E-state index in [-0.39, 0.29) is 12.0 Å². The molecule has 0 saturated carbocycles. The molecule has 0 bridgehead atoms. The lowest BCUT2D eigenvalue weighted by molar-refractivity contribution is -0.280. The van der Waals surface area contributed by atoms with Crippen molar-refractivity contribution < 1.29 is 15.3 Å². The average Bonchev–Trinajstić information content (AvgIpc) is 2.24. The van der Waals surface area contributed by atoms with Gasteiger partial charge in [0.15, 0.2) is 0 Å². The van der Waals surface area contributed by atoms with Crippen molar-refractivity contribution in [2.75, 3.05) is 0 Å². The molecular formula is C12H24O3. The second-order valence-corrected chi connectivity index (χ2v) is 4.21. The summed E-state index contributed by atoms with van der Waals surface area (Å²) in [6.07, 6.45) is 2.71. The van der Waals surface area contributed by atoms with Crippen LogP contribution >= 0.6 is 0 Å². The minimum absolute atomic E-state index is 0.175. The SMILES string of the molecule is CC.CC1=CCC(O)(C(C)C)CC1OO. The quantitative estimate of drug-likeness (QED) is 0.424. The molecule has 1 rings (SSSR count). The third-order valence-corrected chi connectivity index (χ3v) is 3.03. The Morgan fingerprint density at radius 1 is 1.47 bits per heavy atom. The highest BCUT2D eigenvalue weighted by molar-refractivity contribution is 5.14. The molecule has 0 aromatic heterocycles. The van der Waals surface area contributed by atoms with E-state index < -0.39 is 5.60 Å². The molecular weight excluding hydrogens is 192 g/mol. The molecule has 3 heteroatoms. The number of rotatable bonds is 2. The fourth-order valence-electron chi connectivity index (χ4n) is 1.63. The van der Waals surface area contributed by atoms with Gasteiger partial charge in [0.1, 0.15) is 6.10 Å². The highest BCUT2D eigenvalue weighted by atomic mass is 17.1. The van der Waals surface area contributed by atoms with E-state index >= 15 is 0 Å². The Hall–Kier alpha value is -0.380. The van der Waals surface area contributed by atoms with Crippen molar-refractivity contribution in [1.29, 1.82) is 0 Å². The first-order valence-corrected chi connectivity index (χ1v) is 5.69. The maximum Gasteiger partial charge on any atom is 0.116 e. The van der Waals surface area contributed by atoms with Crippen LogP contribution in [0, 0.1) is 5.92 Å². The monoisotopic (exact) mass is 216 g/mol. The van der Waals surface area contributed by atoms with Crippen LogP contribution in [0.5, 0.6) is 0 Å². The standard InChI is InChI=1S/C10H18O3.C2H6/c1-7(2)10(11)5-4-8(3)9(6-10)13-12;1-2/h4,7,9,11-12H,5-6H2,1-3H3;1-2H3. The number of hydrogen-bond donors (Lipinski definition) is 2. The first kappa shape index (κ1) is 14.6. The lowest BCUT2D eigenvalue weighted by Crippen LogP contribution is -2.41. The molecule has 2 N–H and O–H groups in total. The first-order valence-electron chi connectivity index (χ1n) is 5.69. The zero-order chi connectivity index (χ0) is 12.1. The molecule has 3 nitrogen and oxygen atoms in total. The fourth-order valence-corrected chi connectivity index (χ4v) is 1.63. The molecule has 1 aliphatic carbocycles. The van der Waals surface area contributed by atoms with Crippen molar-refractivity contribution >= 4 is 0 Å². The molecule has 0 spiro atoms. The third kappa shape index (κ3) is 3.59. The first-order chi connectivity index (χ1) is 6.99. The van der Waals surface area contributed by atoms with E-state index in [1.54, 1.807) is 0 Å². The summed E-state index contributed by atoms with van der Waals surface area (Å²) in [5, 5.41) is 18.8. The van der Waals surface area contributed by atoms with Gasteiger partial charge in [0.25, 0.3) is 0 Å². The minimum Gasteiger partial charge on any atom is -0.389 e. The highest BCUT2D eigenvalue weighted by Gasteiger charge is 2.37. The van der Waals surface area contributed by atoms with Crippen molar-refractivity contribution in [1.82, 2.24) is 0 Å². The molecule has 0 radical (unpaired) electrons. The van der Waals surface area contributed by atoms with Gasteiger partial charge in [-0.1, -0.05) is 33.8 Å². The molecule has 0 amide bonds. The molecule has 0 saturated heterocycles. The van der Waals surface area contributed by atoms with Crippen molar-refractivity contribution in [3.05, 3.63) is 11.6 Å². The van der Waals surface area contributed by atoms with Crippen LogP contribution in [0.15, 0.2) is 11.6 Å². The third-order valence-electron chi connectivity index (χ3n) is 3.03. The Bertz CT molecular complexity index is 211. The summed E-state index contributed by atoms with van der Waals surface area (Å²) >= 11 is 0. The molecule has 2 unspecified atom stereocenters. The van der Waals surface area contributed by atoms with Crippen LogP contribution in [-0.4, -0.2) is 22.1 Å². The molecule has 0 fully saturated rings. The van der Waals surface area contributed by atoms with Gasteiger partial charge >= 0.3 is 0 Å². The van der Waals surface area contributed by atoms with Crippen LogP contribution in [0.25, 0.3) is 0 Å². The van der Waals surface area contributed by atoms with Crippen LogP contribution in [-0.2, 0) is 4.89 Å². The van der Waals surface area contributed by atoms with Gasteiger partial charge in [-0.3, -0.25) is 5.26 Å². The maximum atomic E-state index is 10.1. The Morgan fingerprint density at radius 3 is 2.40 bits per heavy atom. The van der Waals surface area contributed by atoms with Crippen molar-refractivity contribution in [3.8, 4) is 0 Å². The maximum absolute atomic E-state index is 10.1. The molecule has 0 heterocycles. The lowest BCUT2D eigenvalue weighted by atomic mass is 9.77. The summed E-state index contributed by atoms with van der Waals surface area (Å²) in [5.41, 5.74) is 0.264. The van der Waals surface area contributed by atoms with Gasteiger partial charge in [0.05, 0.1) is 5.60 Å². The van der Waals surface area contributed by atoms with E-state index in [0.29, 0.717) is 12.8 Å². The van der Waals surface area contributed by atoms with Gasteiger partial charge in [0.2, 0.25) is 0 Å². The Morgan fingerprint density at radius 2 is 2.00 bits per heavy atom. The van der Waals surface area contributed by atoms with E-state index in [1.807, 2.05) is 40.7 Å². The van der Waals surface area contributed by atoms with Crippen LogP contribution in [0.3, 0.4) is 0 Å². The van der Waals surface area contributed by atoms with E-state index in [0.717, 1.165) is 5.57 Å². The molecule has 2 atom stereocenters. The largest absolute Gasteiger partial charge is 0.389 e. The van der Waals surface area contributed by atoms with Crippen LogP contribution in [0.2, 0.25) is 0 Å². The zero-order valence-electron chi connectivity index (χ0n) is 10.4. The molecule has 0 aliphatic heterocycles. The Balaban J connectivity index is 0.000000921. The van der Waals surface area contributed by atoms with E-state index in [9.17, 15) is 5.11 Å². The zero-order valence-corrected chi connectivity index (χ0v) is 10.4. The summed E-state index contributed by atoms with van der Waals surface area (Å²) in [7, 11) is 0. The summed E-state index contributed by atoms with van der Waals surface area (Å²) in [6, 6.07) is 0. The Kier molecular flexibility index (Phi) is 6.10. The van der Waals surface area contributed by atoms with Crippen LogP contribution < -0.4 is 0 Å². The van der Waals surface area contributed by atoms with Gasteiger partial charge in [-0.25, -0.2) is 4.89 Å². The Labute approximate surface area is 92.7 Å². The van der Waals surface area contributed by atoms with Gasteiger partial charge in [0, 0.05) is 6.42 Å². The second kappa shape index (κ2) is 6.26. The van der Waals surface area contributed by atoms with E-state index in [4.69, 9.17) is 5.26 Å². The number of aliphatic hydroxyl groups is 1. The highest BCUT2D eigenvalue weighted by Crippen LogP contribution is 2.34. The second-order valence-electron chi connectivity index (χ2n) is 4.21. The summed E-state index contributed by atoms with van der Waals surface area (Å²) in [5.74, 6) is 0.175. The predicted molar refractivity (Wildman–Crippen MR) is 61.6 cm³/mol. The topological polar surface area (TPSA) is 49.7 Å². The van der Waals surface area contributed by atoms with Gasteiger partial charge in [-0.05, 0) is 24.8 Å². The molecule has 90 valence electrons. The van der Waals surface area contributed by atoms with Gasteiger partial charge in [-0.15, -0.1) is 0 Å². The molecule has 15 heavy (non-hydrogen) atoms. The lowest BCUT2D eigenvalue weighted by Gasteiger charge is -2.37. The molecule has 1 aliphatic rings. The molecule has 0 aromatic rings. The van der Waals surface area contributed by atoms with Crippen LogP contribution in [0.1, 0.15) is 47.5 Å². The minimum atomic E-state index is -0.729. The van der Waals surface area contributed by atoms with Crippen molar-refractivity contribution in [2.24, 2.45) is 5.92 Å². The summed E-state index contributed by atoms with van der Waals surface area (Å²) in [6.45, 7) is 9.85. The normalized spacial score (nSPS) is 30.7. The summed E-state index contributed by atoms with van der Waals surface area (Å²) in [4.78, 5) is 4.32. The van der Waals surface area contributed by atoms with Crippen molar-refractivity contribution in [3.63, 3.8) is 0 Å². The predicted octanol–water partition coefficient (Wildman–Crippen LogP) is 3.00. The van der Waals surface area contributed by atoms with Gasteiger partial charge in [-0.2, -0.15) is 0 Å². The van der Waals surface area contributed by atoms with Crippen LogP contribution in [0.4, 0.5) is 0 Å². The fraction of sp³-hybridized carbons (Fsp3) is 0.833. The van der Waals surface area contributed by atoms with E-state index in [2.05, 4.69) is 4.89 Å². The van der Waals surface area contributed by atoms with Crippen molar-refractivity contribution in [2.45, 2.75) is 59.2 Å². The summed E-state index contributed by atoms with van der Waals surface area (Å²) < 4.78 is 0. The number of hydrogen-bond acceptors (Lipinski definition) is 3. The smallest absolute Gasteiger partial charge is 0.116 e. The van der Waals surface area contributed by atoms with E-state index in [1.165, 1.54) is 0 Å².